The number of ether oxygens (including phenoxy) is 1. The first kappa shape index (κ1) is 13.7. The summed E-state index contributed by atoms with van der Waals surface area (Å²) in [6.07, 6.45) is -2.71. The summed E-state index contributed by atoms with van der Waals surface area (Å²) in [7, 11) is 0. The van der Waals surface area contributed by atoms with Crippen molar-refractivity contribution < 1.29 is 20.1 Å². The standard InChI is InChI=1S/C10H13N5O4Se/c11-10-13-7-4(8(20)14-10)12-2-15(7)9-6(18)5(17)3(1-16)19-9/h2-3,5-6,9,16-18H,1H2,(H3,11,13,14,20). The maximum atomic E-state index is 10.0. The molecule has 3 rings (SSSR count). The number of aromatic nitrogens is 4. The van der Waals surface area contributed by atoms with Gasteiger partial charge >= 0.3 is 121 Å². The van der Waals surface area contributed by atoms with E-state index in [2.05, 4.69) is 31.0 Å². The zero-order chi connectivity index (χ0) is 14.4. The van der Waals surface area contributed by atoms with Crippen molar-refractivity contribution in [1.29, 1.82) is 0 Å². The fourth-order valence-electron chi connectivity index (χ4n) is 2.21. The number of hydrogen-bond donors (Lipinski definition) is 4. The van der Waals surface area contributed by atoms with Crippen LogP contribution in [0.25, 0.3) is 11.2 Å². The SMILES string of the molecule is Nc1nc([SeH])c2ncn(C3OC(CO)C(O)C3O)c2n1. The monoisotopic (exact) mass is 347 g/mol. The van der Waals surface area contributed by atoms with Gasteiger partial charge in [-0.2, -0.15) is 0 Å². The van der Waals surface area contributed by atoms with Gasteiger partial charge in [0.05, 0.1) is 0 Å². The van der Waals surface area contributed by atoms with Crippen LogP contribution in [-0.4, -0.2) is 75.8 Å². The number of nitrogens with zero attached hydrogens (tertiary/aromatic N) is 4. The van der Waals surface area contributed by atoms with E-state index >= 15 is 0 Å². The summed E-state index contributed by atoms with van der Waals surface area (Å²) >= 11 is 2.24. The van der Waals surface area contributed by atoms with E-state index in [0.717, 1.165) is 0 Å². The van der Waals surface area contributed by atoms with Crippen LogP contribution >= 0.6 is 0 Å². The summed E-state index contributed by atoms with van der Waals surface area (Å²) < 4.78 is 7.45. The average Bonchev–Trinajstić information content (AvgIpc) is 2.93. The minimum atomic E-state index is -1.20. The minimum absolute atomic E-state index is 0.0709. The van der Waals surface area contributed by atoms with E-state index < -0.39 is 31.1 Å². The molecule has 0 bridgehead atoms. The van der Waals surface area contributed by atoms with Crippen molar-refractivity contribution in [2.75, 3.05) is 12.3 Å². The molecule has 0 aromatic carbocycles. The van der Waals surface area contributed by atoms with Gasteiger partial charge in [0, 0.05) is 0 Å². The topological polar surface area (TPSA) is 140 Å². The molecule has 3 heterocycles. The van der Waals surface area contributed by atoms with Crippen molar-refractivity contribution in [3.8, 4) is 0 Å². The molecule has 5 N–H and O–H groups in total. The Balaban J connectivity index is 2.07. The van der Waals surface area contributed by atoms with Crippen LogP contribution in [-0.2, 0) is 4.74 Å². The van der Waals surface area contributed by atoms with Gasteiger partial charge in [0.1, 0.15) is 0 Å². The molecule has 1 fully saturated rings. The summed E-state index contributed by atoms with van der Waals surface area (Å²) in [6, 6.07) is 0. The molecule has 2 aromatic rings. The van der Waals surface area contributed by atoms with E-state index in [4.69, 9.17) is 15.6 Å². The van der Waals surface area contributed by atoms with Gasteiger partial charge in [-0.1, -0.05) is 0 Å². The molecule has 108 valence electrons. The van der Waals surface area contributed by atoms with E-state index in [9.17, 15) is 10.2 Å². The van der Waals surface area contributed by atoms with Crippen molar-refractivity contribution in [2.24, 2.45) is 0 Å². The molecule has 1 saturated heterocycles. The van der Waals surface area contributed by atoms with Crippen molar-refractivity contribution in [1.82, 2.24) is 19.5 Å². The van der Waals surface area contributed by atoms with Gasteiger partial charge in [-0.05, 0) is 0 Å². The number of hydrogen-bond acceptors (Lipinski definition) is 8. The molecular formula is C10H13N5O4Se. The zero-order valence-corrected chi connectivity index (χ0v) is 12.0. The average molecular weight is 346 g/mol. The second-order valence-electron chi connectivity index (χ2n) is 4.46. The van der Waals surface area contributed by atoms with Crippen molar-refractivity contribution in [3.63, 3.8) is 0 Å². The second kappa shape index (κ2) is 4.92. The Hall–Kier alpha value is -1.29. The molecular weight excluding hydrogens is 333 g/mol. The van der Waals surface area contributed by atoms with Crippen molar-refractivity contribution >= 4 is 37.7 Å². The maximum absolute atomic E-state index is 10.0. The number of fused-ring (bicyclic) bond motifs is 1. The molecule has 10 heteroatoms. The van der Waals surface area contributed by atoms with Gasteiger partial charge in [-0.15, -0.1) is 0 Å². The van der Waals surface area contributed by atoms with E-state index in [-0.39, 0.29) is 5.95 Å². The molecule has 0 spiro atoms. The first-order valence-corrected chi connectivity index (χ1v) is 6.78. The fourth-order valence-corrected chi connectivity index (χ4v) is 2.76. The number of nitrogen functional groups attached to an aromatic ring is 1. The van der Waals surface area contributed by atoms with Crippen molar-refractivity contribution in [3.05, 3.63) is 6.33 Å². The van der Waals surface area contributed by atoms with Crippen LogP contribution in [0.5, 0.6) is 0 Å². The molecule has 20 heavy (non-hydrogen) atoms. The van der Waals surface area contributed by atoms with Crippen LogP contribution in [0.1, 0.15) is 6.23 Å². The van der Waals surface area contributed by atoms with E-state index in [1.807, 2.05) is 0 Å². The number of aliphatic hydroxyl groups excluding tert-OH is 3. The Morgan fingerprint density at radius 3 is 2.75 bits per heavy atom. The van der Waals surface area contributed by atoms with E-state index in [1.54, 1.807) is 0 Å². The summed E-state index contributed by atoms with van der Waals surface area (Å²) in [5.41, 5.74) is 6.50. The van der Waals surface area contributed by atoms with E-state index in [0.29, 0.717) is 15.8 Å². The van der Waals surface area contributed by atoms with Crippen LogP contribution in [0, 0.1) is 0 Å². The van der Waals surface area contributed by atoms with Gasteiger partial charge in [0.2, 0.25) is 0 Å². The van der Waals surface area contributed by atoms with Gasteiger partial charge in [-0.3, -0.25) is 0 Å². The number of imidazole rings is 1. The van der Waals surface area contributed by atoms with Gasteiger partial charge in [0.15, 0.2) is 0 Å². The van der Waals surface area contributed by atoms with Crippen molar-refractivity contribution in [2.45, 2.75) is 24.5 Å². The normalized spacial score (nSPS) is 30.2. The van der Waals surface area contributed by atoms with Crippen LogP contribution in [0.4, 0.5) is 5.95 Å². The molecule has 2 aromatic heterocycles. The molecule has 0 amide bonds. The Kier molecular flexibility index (Phi) is 3.36. The summed E-state index contributed by atoms with van der Waals surface area (Å²) in [4.78, 5) is 12.2. The van der Waals surface area contributed by atoms with Crippen LogP contribution in [0.3, 0.4) is 0 Å². The Morgan fingerprint density at radius 2 is 2.10 bits per heavy atom. The van der Waals surface area contributed by atoms with Crippen LogP contribution in [0.2, 0.25) is 0 Å². The third-order valence-corrected chi connectivity index (χ3v) is 3.87. The Labute approximate surface area is 121 Å². The van der Waals surface area contributed by atoms with Gasteiger partial charge in [-0.25, -0.2) is 0 Å². The molecule has 9 nitrogen and oxygen atoms in total. The molecule has 0 radical (unpaired) electrons. The molecule has 4 unspecified atom stereocenters. The zero-order valence-electron chi connectivity index (χ0n) is 10.2. The second-order valence-corrected chi connectivity index (χ2v) is 5.35. The first-order chi connectivity index (χ1) is 9.52. The molecule has 0 aliphatic carbocycles. The number of rotatable bonds is 2. The summed E-state index contributed by atoms with van der Waals surface area (Å²) in [6.45, 7) is -0.394. The summed E-state index contributed by atoms with van der Waals surface area (Å²) in [5, 5.41) is 28.9. The quantitative estimate of drug-likeness (QED) is 0.412. The predicted octanol–water partition coefficient (Wildman–Crippen LogP) is -3.45. The third-order valence-electron chi connectivity index (χ3n) is 3.21. The number of anilines is 1. The molecule has 1 aliphatic heterocycles. The van der Waals surface area contributed by atoms with Crippen LogP contribution in [0.15, 0.2) is 6.33 Å². The summed E-state index contributed by atoms with van der Waals surface area (Å²) in [5.74, 6) is 0.0709. The number of nitrogens with two attached hydrogens (primary N) is 1. The van der Waals surface area contributed by atoms with Gasteiger partial charge < -0.3 is 0 Å². The number of aliphatic hydroxyl groups is 3. The first-order valence-electron chi connectivity index (χ1n) is 5.84. The predicted molar refractivity (Wildman–Crippen MR) is 69.5 cm³/mol. The Morgan fingerprint density at radius 1 is 1.35 bits per heavy atom. The fraction of sp³-hybridized carbons (Fsp3) is 0.500. The molecule has 0 saturated carbocycles. The molecule has 4 atom stereocenters. The Bertz CT molecular complexity index is 650. The third kappa shape index (κ3) is 1.97. The molecule has 1 aliphatic rings. The van der Waals surface area contributed by atoms with Crippen LogP contribution < -0.4 is 10.3 Å². The van der Waals surface area contributed by atoms with E-state index in [1.165, 1.54) is 10.9 Å². The van der Waals surface area contributed by atoms with Gasteiger partial charge in [0.25, 0.3) is 0 Å².